The molecule has 5 aromatic rings. The van der Waals surface area contributed by atoms with Gasteiger partial charge in [-0.2, -0.15) is 9.78 Å². The highest BCUT2D eigenvalue weighted by atomic mass is 79.9. The zero-order chi connectivity index (χ0) is 30.7. The molecule has 0 unspecified atom stereocenters. The molecule has 0 aliphatic carbocycles. The Balaban J connectivity index is 1.57. The molecule has 1 aromatic heterocycles. The fourth-order valence-electron chi connectivity index (χ4n) is 4.95. The standard InChI is InChI=1S/C35H33Br2N3O3/c1-6-42-32-15-23(5)28(18-27(32)21(2)3)34-39-31-13-8-7-12-26(31)35(41)40(34)38-19-25-16-29(36)33(30(37)17-25)43-20-24-11-9-10-22(4)14-24/h7-19,21H,6,20H2,1-5H3. The van der Waals surface area contributed by atoms with E-state index in [1.807, 2.05) is 62.4 Å². The molecule has 1 heterocycles. The zero-order valence-corrected chi connectivity index (χ0v) is 28.0. The number of ether oxygens (including phenoxy) is 2. The predicted octanol–water partition coefficient (Wildman–Crippen LogP) is 9.19. The maximum absolute atomic E-state index is 13.8. The second-order valence-corrected chi connectivity index (χ2v) is 12.4. The molecule has 0 aliphatic heterocycles. The van der Waals surface area contributed by atoms with Gasteiger partial charge in [0, 0.05) is 5.56 Å². The van der Waals surface area contributed by atoms with Gasteiger partial charge in [0.15, 0.2) is 5.82 Å². The van der Waals surface area contributed by atoms with Gasteiger partial charge in [-0.3, -0.25) is 4.79 Å². The molecule has 6 nitrogen and oxygen atoms in total. The van der Waals surface area contributed by atoms with E-state index in [4.69, 9.17) is 19.6 Å². The smallest absolute Gasteiger partial charge is 0.282 e. The summed E-state index contributed by atoms with van der Waals surface area (Å²) < 4.78 is 15.0. The molecule has 0 spiro atoms. The Hall–Kier alpha value is -3.75. The Kier molecular flexibility index (Phi) is 9.47. The second kappa shape index (κ2) is 13.3. The van der Waals surface area contributed by atoms with Gasteiger partial charge < -0.3 is 9.47 Å². The molecule has 0 N–H and O–H groups in total. The van der Waals surface area contributed by atoms with Gasteiger partial charge in [-0.1, -0.05) is 55.8 Å². The molecule has 0 amide bonds. The lowest BCUT2D eigenvalue weighted by Gasteiger charge is -2.18. The van der Waals surface area contributed by atoms with Gasteiger partial charge in [-0.15, -0.1) is 0 Å². The van der Waals surface area contributed by atoms with Gasteiger partial charge in [0.05, 0.1) is 32.7 Å². The minimum Gasteiger partial charge on any atom is -0.494 e. The van der Waals surface area contributed by atoms with E-state index in [0.717, 1.165) is 42.5 Å². The first kappa shape index (κ1) is 30.7. The van der Waals surface area contributed by atoms with E-state index < -0.39 is 0 Å². The number of hydrogen-bond acceptors (Lipinski definition) is 5. The largest absolute Gasteiger partial charge is 0.494 e. The third-order valence-electron chi connectivity index (χ3n) is 7.08. The van der Waals surface area contributed by atoms with Crippen molar-refractivity contribution in [3.8, 4) is 22.9 Å². The number of halogens is 2. The van der Waals surface area contributed by atoms with Crippen molar-refractivity contribution >= 4 is 49.0 Å². The molecule has 43 heavy (non-hydrogen) atoms. The number of fused-ring (bicyclic) bond motifs is 1. The van der Waals surface area contributed by atoms with Crippen molar-refractivity contribution < 1.29 is 9.47 Å². The van der Waals surface area contributed by atoms with Crippen LogP contribution in [0.25, 0.3) is 22.3 Å². The Labute approximate surface area is 268 Å². The van der Waals surface area contributed by atoms with Gasteiger partial charge in [-0.05, 0) is 117 Å². The third kappa shape index (κ3) is 6.76. The number of aryl methyl sites for hydroxylation is 2. The minimum absolute atomic E-state index is 0.214. The van der Waals surface area contributed by atoms with Gasteiger partial charge in [0.2, 0.25) is 0 Å². The summed E-state index contributed by atoms with van der Waals surface area (Å²) >= 11 is 7.30. The summed E-state index contributed by atoms with van der Waals surface area (Å²) in [6, 6.07) is 23.5. The van der Waals surface area contributed by atoms with Gasteiger partial charge in [-0.25, -0.2) is 4.98 Å². The van der Waals surface area contributed by atoms with Crippen molar-refractivity contribution in [3.63, 3.8) is 0 Å². The number of nitrogens with zero attached hydrogens (tertiary/aromatic N) is 3. The highest BCUT2D eigenvalue weighted by Crippen LogP contribution is 2.36. The Morgan fingerprint density at radius 1 is 0.953 bits per heavy atom. The fourth-order valence-corrected chi connectivity index (χ4v) is 6.40. The number of benzene rings is 4. The van der Waals surface area contributed by atoms with E-state index in [1.165, 1.54) is 10.2 Å². The van der Waals surface area contributed by atoms with E-state index in [1.54, 1.807) is 12.3 Å². The second-order valence-electron chi connectivity index (χ2n) is 10.7. The first-order valence-electron chi connectivity index (χ1n) is 14.2. The molecule has 0 saturated carbocycles. The average molecular weight is 703 g/mol. The summed E-state index contributed by atoms with van der Waals surface area (Å²) in [6.07, 6.45) is 1.66. The molecule has 0 radical (unpaired) electrons. The molecule has 0 fully saturated rings. The van der Waals surface area contributed by atoms with Crippen LogP contribution in [0.3, 0.4) is 0 Å². The predicted molar refractivity (Wildman–Crippen MR) is 182 cm³/mol. The molecule has 220 valence electrons. The molecular formula is C35H33Br2N3O3. The number of hydrogen-bond donors (Lipinski definition) is 0. The van der Waals surface area contributed by atoms with E-state index in [2.05, 4.69) is 70.8 Å². The van der Waals surface area contributed by atoms with Crippen molar-refractivity contribution in [1.82, 2.24) is 9.66 Å². The van der Waals surface area contributed by atoms with Crippen LogP contribution in [0, 0.1) is 13.8 Å². The van der Waals surface area contributed by atoms with Gasteiger partial charge in [0.1, 0.15) is 18.1 Å². The van der Waals surface area contributed by atoms with Crippen LogP contribution < -0.4 is 15.0 Å². The van der Waals surface area contributed by atoms with Crippen molar-refractivity contribution in [1.29, 1.82) is 0 Å². The van der Waals surface area contributed by atoms with Crippen molar-refractivity contribution in [2.24, 2.45) is 5.10 Å². The van der Waals surface area contributed by atoms with Crippen LogP contribution in [0.15, 0.2) is 91.6 Å². The first-order valence-corrected chi connectivity index (χ1v) is 15.8. The quantitative estimate of drug-likeness (QED) is 0.144. The van der Waals surface area contributed by atoms with Crippen LogP contribution in [0.2, 0.25) is 0 Å². The summed E-state index contributed by atoms with van der Waals surface area (Å²) in [5.41, 5.74) is 6.25. The highest BCUT2D eigenvalue weighted by Gasteiger charge is 2.19. The van der Waals surface area contributed by atoms with E-state index in [9.17, 15) is 4.79 Å². The number of para-hydroxylation sites is 1. The molecule has 0 bridgehead atoms. The van der Waals surface area contributed by atoms with Crippen LogP contribution in [-0.4, -0.2) is 22.5 Å². The number of aromatic nitrogens is 2. The van der Waals surface area contributed by atoms with Crippen LogP contribution in [0.5, 0.6) is 11.5 Å². The molecule has 0 atom stereocenters. The SMILES string of the molecule is CCOc1cc(C)c(-c2nc3ccccc3c(=O)n2N=Cc2cc(Br)c(OCc3cccc(C)c3)c(Br)c2)cc1C(C)C. The first-order chi connectivity index (χ1) is 20.7. The molecule has 4 aromatic carbocycles. The summed E-state index contributed by atoms with van der Waals surface area (Å²) in [4.78, 5) is 18.8. The Bertz CT molecular complexity index is 1870. The molecule has 0 saturated heterocycles. The summed E-state index contributed by atoms with van der Waals surface area (Å²) in [6.45, 7) is 11.3. The lowest BCUT2D eigenvalue weighted by molar-refractivity contribution is 0.302. The zero-order valence-electron chi connectivity index (χ0n) is 24.8. The van der Waals surface area contributed by atoms with Crippen molar-refractivity contribution in [2.45, 2.75) is 47.1 Å². The lowest BCUT2D eigenvalue weighted by Crippen LogP contribution is -2.21. The summed E-state index contributed by atoms with van der Waals surface area (Å²) in [5, 5.41) is 5.19. The third-order valence-corrected chi connectivity index (χ3v) is 8.26. The normalized spacial score (nSPS) is 11.5. The fraction of sp³-hybridized carbons (Fsp3) is 0.229. The van der Waals surface area contributed by atoms with E-state index in [-0.39, 0.29) is 11.5 Å². The van der Waals surface area contributed by atoms with Crippen LogP contribution in [-0.2, 0) is 6.61 Å². The van der Waals surface area contributed by atoms with Gasteiger partial charge in [0.25, 0.3) is 5.56 Å². The highest BCUT2D eigenvalue weighted by molar-refractivity contribution is 9.11. The number of rotatable bonds is 9. The van der Waals surface area contributed by atoms with Gasteiger partial charge >= 0.3 is 0 Å². The van der Waals surface area contributed by atoms with Crippen molar-refractivity contribution in [2.75, 3.05) is 6.61 Å². The van der Waals surface area contributed by atoms with E-state index in [0.29, 0.717) is 35.7 Å². The summed E-state index contributed by atoms with van der Waals surface area (Å²) in [5.74, 6) is 2.22. The maximum atomic E-state index is 13.8. The maximum Gasteiger partial charge on any atom is 0.282 e. The van der Waals surface area contributed by atoms with Crippen LogP contribution in [0.4, 0.5) is 0 Å². The van der Waals surface area contributed by atoms with Crippen molar-refractivity contribution in [3.05, 3.63) is 120 Å². The minimum atomic E-state index is -0.243. The van der Waals surface area contributed by atoms with Crippen LogP contribution >= 0.6 is 31.9 Å². The lowest BCUT2D eigenvalue weighted by atomic mass is 9.96. The topological polar surface area (TPSA) is 65.7 Å². The van der Waals surface area contributed by atoms with E-state index >= 15 is 0 Å². The monoisotopic (exact) mass is 701 g/mol. The molecule has 0 aliphatic rings. The summed E-state index contributed by atoms with van der Waals surface area (Å²) in [7, 11) is 0. The molecule has 8 heteroatoms. The molecule has 5 rings (SSSR count). The Morgan fingerprint density at radius 3 is 2.40 bits per heavy atom. The Morgan fingerprint density at radius 2 is 1.70 bits per heavy atom. The average Bonchev–Trinajstić information content (AvgIpc) is 2.96. The van der Waals surface area contributed by atoms with Crippen LogP contribution in [0.1, 0.15) is 54.5 Å². The molecular weight excluding hydrogens is 670 g/mol.